The number of aliphatic hydroxyl groups excluding tert-OH is 1. The number of fused-ring (bicyclic) bond motifs is 1. The Morgan fingerprint density at radius 1 is 1.21 bits per heavy atom. The van der Waals surface area contributed by atoms with E-state index in [0.29, 0.717) is 24.1 Å². The highest BCUT2D eigenvalue weighted by molar-refractivity contribution is 5.51. The molecule has 1 saturated carbocycles. The maximum Gasteiger partial charge on any atom is 0.213 e. The van der Waals surface area contributed by atoms with E-state index in [0.717, 1.165) is 35.3 Å². The Morgan fingerprint density at radius 3 is 2.86 bits per heavy atom. The van der Waals surface area contributed by atoms with Gasteiger partial charge < -0.3 is 9.84 Å². The van der Waals surface area contributed by atoms with Crippen LogP contribution in [0.25, 0.3) is 11.2 Å². The maximum absolute atomic E-state index is 11.1. The molecule has 142 valence electrons. The maximum atomic E-state index is 11.1. The van der Waals surface area contributed by atoms with E-state index in [1.807, 2.05) is 23.5 Å². The first-order valence-electron chi connectivity index (χ1n) is 9.39. The van der Waals surface area contributed by atoms with Crippen LogP contribution in [0.3, 0.4) is 0 Å². The van der Waals surface area contributed by atoms with Gasteiger partial charge in [0.05, 0.1) is 48.4 Å². The average Bonchev–Trinajstić information content (AvgIpc) is 3.25. The number of aliphatic hydroxyl groups is 1. The quantitative estimate of drug-likeness (QED) is 0.556. The zero-order chi connectivity index (χ0) is 19.1. The fourth-order valence-electron chi connectivity index (χ4n) is 3.47. The summed E-state index contributed by atoms with van der Waals surface area (Å²) in [6.07, 6.45) is 8.32. The lowest BCUT2D eigenvalue weighted by molar-refractivity contribution is 0.207. The summed E-state index contributed by atoms with van der Waals surface area (Å²) in [5.74, 6) is 1.05. The van der Waals surface area contributed by atoms with Crippen LogP contribution in [0.4, 0.5) is 0 Å². The predicted octanol–water partition coefficient (Wildman–Crippen LogP) is 2.67. The number of imidazole rings is 1. The second-order valence-electron chi connectivity index (χ2n) is 6.91. The molecule has 0 saturated heterocycles. The van der Waals surface area contributed by atoms with Crippen LogP contribution >= 0.6 is 0 Å². The van der Waals surface area contributed by atoms with Crippen molar-refractivity contribution in [1.82, 2.24) is 29.4 Å². The van der Waals surface area contributed by atoms with Gasteiger partial charge in [-0.25, -0.2) is 14.6 Å². The molecule has 1 fully saturated rings. The van der Waals surface area contributed by atoms with Crippen molar-refractivity contribution >= 4 is 5.52 Å². The Labute approximate surface area is 161 Å². The van der Waals surface area contributed by atoms with Crippen LogP contribution < -0.4 is 4.74 Å². The topological polar surface area (TPSA) is 90.4 Å². The molecule has 0 aromatic carbocycles. The summed E-state index contributed by atoms with van der Waals surface area (Å²) in [5.41, 5.74) is 4.14. The van der Waals surface area contributed by atoms with Crippen LogP contribution in [-0.2, 0) is 0 Å². The summed E-state index contributed by atoms with van der Waals surface area (Å²) >= 11 is 0. The van der Waals surface area contributed by atoms with Gasteiger partial charge in [0.25, 0.3) is 0 Å². The van der Waals surface area contributed by atoms with Crippen molar-refractivity contribution in [2.75, 3.05) is 6.61 Å². The van der Waals surface area contributed by atoms with Gasteiger partial charge in [-0.3, -0.25) is 4.40 Å². The molecular formula is C20H20N6O2. The molecule has 5 rings (SSSR count). The lowest BCUT2D eigenvalue weighted by atomic mass is 10.0. The molecule has 0 spiro atoms. The van der Waals surface area contributed by atoms with Gasteiger partial charge in [-0.05, 0) is 43.4 Å². The fraction of sp³-hybridized carbons (Fsp3) is 0.300. The van der Waals surface area contributed by atoms with Crippen molar-refractivity contribution < 1.29 is 9.84 Å². The Hall–Kier alpha value is -3.26. The summed E-state index contributed by atoms with van der Waals surface area (Å²) in [6, 6.07) is 7.77. The van der Waals surface area contributed by atoms with Gasteiger partial charge in [-0.2, -0.15) is 0 Å². The summed E-state index contributed by atoms with van der Waals surface area (Å²) < 4.78 is 8.91. The lowest BCUT2D eigenvalue weighted by Crippen LogP contribution is -2.10. The minimum Gasteiger partial charge on any atom is -0.478 e. The highest BCUT2D eigenvalue weighted by Gasteiger charge is 2.31. The van der Waals surface area contributed by atoms with E-state index in [9.17, 15) is 5.11 Å². The van der Waals surface area contributed by atoms with Gasteiger partial charge in [-0.15, -0.1) is 5.10 Å². The Morgan fingerprint density at radius 2 is 2.11 bits per heavy atom. The predicted molar refractivity (Wildman–Crippen MR) is 102 cm³/mol. The third-order valence-corrected chi connectivity index (χ3v) is 5.00. The second kappa shape index (κ2) is 6.72. The fourth-order valence-corrected chi connectivity index (χ4v) is 3.47. The molecule has 8 heteroatoms. The largest absolute Gasteiger partial charge is 0.478 e. The van der Waals surface area contributed by atoms with Crippen molar-refractivity contribution in [1.29, 1.82) is 0 Å². The van der Waals surface area contributed by atoms with Crippen LogP contribution in [0.5, 0.6) is 5.88 Å². The molecule has 0 radical (unpaired) electrons. The highest BCUT2D eigenvalue weighted by Crippen LogP contribution is 2.43. The molecule has 8 nitrogen and oxygen atoms in total. The molecule has 28 heavy (non-hydrogen) atoms. The molecule has 1 aliphatic rings. The lowest BCUT2D eigenvalue weighted by Gasteiger charge is -2.16. The highest BCUT2D eigenvalue weighted by atomic mass is 16.5. The summed E-state index contributed by atoms with van der Waals surface area (Å²) in [6.45, 7) is 2.48. The normalized spacial score (nSPS) is 15.1. The van der Waals surface area contributed by atoms with Crippen molar-refractivity contribution in [2.45, 2.75) is 31.8 Å². The van der Waals surface area contributed by atoms with Gasteiger partial charge in [0.1, 0.15) is 11.8 Å². The molecular weight excluding hydrogens is 356 g/mol. The molecule has 4 aromatic heterocycles. The smallest absolute Gasteiger partial charge is 0.213 e. The second-order valence-corrected chi connectivity index (χ2v) is 6.91. The van der Waals surface area contributed by atoms with Crippen molar-refractivity contribution in [3.8, 4) is 11.6 Å². The molecule has 4 aromatic rings. The minimum absolute atomic E-state index is 0.483. The van der Waals surface area contributed by atoms with E-state index >= 15 is 0 Å². The molecule has 0 bridgehead atoms. The number of ether oxygens (including phenoxy) is 1. The molecule has 1 N–H and O–H groups in total. The molecule has 0 unspecified atom stereocenters. The molecule has 1 aliphatic carbocycles. The molecule has 0 amide bonds. The van der Waals surface area contributed by atoms with Gasteiger partial charge in [-0.1, -0.05) is 11.3 Å². The van der Waals surface area contributed by atoms with Crippen molar-refractivity contribution in [2.24, 2.45) is 0 Å². The van der Waals surface area contributed by atoms with Crippen molar-refractivity contribution in [3.05, 3.63) is 66.1 Å². The van der Waals surface area contributed by atoms with Gasteiger partial charge in [0.2, 0.25) is 5.88 Å². The Balaban J connectivity index is 1.50. The Bertz CT molecular complexity index is 1110. The van der Waals surface area contributed by atoms with Crippen LogP contribution in [0, 0.1) is 0 Å². The minimum atomic E-state index is -0.891. The number of pyridine rings is 2. The van der Waals surface area contributed by atoms with Crippen LogP contribution in [0.15, 0.2) is 49.2 Å². The summed E-state index contributed by atoms with van der Waals surface area (Å²) in [5, 5.41) is 19.5. The van der Waals surface area contributed by atoms with Gasteiger partial charge in [0.15, 0.2) is 0 Å². The van der Waals surface area contributed by atoms with Gasteiger partial charge >= 0.3 is 0 Å². The first-order valence-corrected chi connectivity index (χ1v) is 9.39. The van der Waals surface area contributed by atoms with E-state index in [2.05, 4.69) is 26.3 Å². The van der Waals surface area contributed by atoms with Crippen LogP contribution in [0.1, 0.15) is 48.7 Å². The molecule has 4 heterocycles. The Kier molecular flexibility index (Phi) is 4.05. The first kappa shape index (κ1) is 16.9. The molecule has 1 atom stereocenters. The number of aromatic nitrogens is 6. The third kappa shape index (κ3) is 2.91. The van der Waals surface area contributed by atoms with Crippen LogP contribution in [-0.4, -0.2) is 41.1 Å². The van der Waals surface area contributed by atoms with E-state index in [1.165, 1.54) is 0 Å². The van der Waals surface area contributed by atoms with E-state index < -0.39 is 6.10 Å². The number of hydrogen-bond acceptors (Lipinski definition) is 6. The standard InChI is InChI=1S/C20H20N6O2/c1-2-28-18-8-6-15(10-22-18)26-11-17(23-24-26)20(27)19-16(13-3-4-13)7-5-14-9-21-12-25(14)19/h5-13,20,27H,2-4H2,1H3/t20-/m0/s1. The zero-order valence-electron chi connectivity index (χ0n) is 15.4. The van der Waals surface area contributed by atoms with Gasteiger partial charge in [0, 0.05) is 6.07 Å². The van der Waals surface area contributed by atoms with Crippen LogP contribution in [0.2, 0.25) is 0 Å². The summed E-state index contributed by atoms with van der Waals surface area (Å²) in [7, 11) is 0. The summed E-state index contributed by atoms with van der Waals surface area (Å²) in [4.78, 5) is 8.48. The van der Waals surface area contributed by atoms with E-state index in [-0.39, 0.29) is 0 Å². The number of hydrogen-bond donors (Lipinski definition) is 1. The number of nitrogens with zero attached hydrogens (tertiary/aromatic N) is 6. The molecule has 0 aliphatic heterocycles. The zero-order valence-corrected chi connectivity index (χ0v) is 15.4. The number of rotatable bonds is 6. The average molecular weight is 376 g/mol. The van der Waals surface area contributed by atoms with Crippen molar-refractivity contribution in [3.63, 3.8) is 0 Å². The monoisotopic (exact) mass is 376 g/mol. The SMILES string of the molecule is CCOc1ccc(-n2cc([C@H](O)c3c(C4CC4)ccc4cncn34)nn2)cn1. The first-order chi connectivity index (χ1) is 13.7. The van der Waals surface area contributed by atoms with E-state index in [1.54, 1.807) is 35.7 Å². The van der Waals surface area contributed by atoms with E-state index in [4.69, 9.17) is 4.74 Å². The third-order valence-electron chi connectivity index (χ3n) is 5.00.